The molecule has 0 saturated heterocycles. The summed E-state index contributed by atoms with van der Waals surface area (Å²) in [4.78, 5) is 0. The molecular formula is C42H26O. The molecule has 1 heterocycles. The SMILES string of the molecule is [2H]c1c([2H])c([2H])c2c(oc3c([2H])c([2H])c(-c4cccc(-c5c6ccccc6c(-c6cccc7ccccc67)c6ccccc56)c4)c([2H])c32)c1[2H]. The van der Waals surface area contributed by atoms with Crippen molar-refractivity contribution in [1.82, 2.24) is 0 Å². The number of para-hydroxylation sites is 1. The fourth-order valence-electron chi connectivity index (χ4n) is 6.45. The lowest BCUT2D eigenvalue weighted by atomic mass is 9.84. The van der Waals surface area contributed by atoms with Crippen molar-refractivity contribution in [3.05, 3.63) is 158 Å². The largest absolute Gasteiger partial charge is 0.456 e. The van der Waals surface area contributed by atoms with Crippen LogP contribution in [0.3, 0.4) is 0 Å². The zero-order chi connectivity index (χ0) is 34.4. The van der Waals surface area contributed by atoms with Gasteiger partial charge in [-0.1, -0.05) is 133 Å². The average molecular weight is 554 g/mol. The molecular weight excluding hydrogens is 520 g/mol. The van der Waals surface area contributed by atoms with E-state index in [0.29, 0.717) is 5.56 Å². The maximum absolute atomic E-state index is 9.32. The van der Waals surface area contributed by atoms with Gasteiger partial charge >= 0.3 is 0 Å². The molecule has 1 nitrogen and oxygen atoms in total. The molecule has 8 aromatic carbocycles. The van der Waals surface area contributed by atoms with Gasteiger partial charge in [0.1, 0.15) is 11.2 Å². The highest BCUT2D eigenvalue weighted by molar-refractivity contribution is 6.23. The van der Waals surface area contributed by atoms with Crippen LogP contribution in [0, 0.1) is 0 Å². The predicted octanol–water partition coefficient (Wildman–Crippen LogP) is 12.0. The molecule has 9 aromatic rings. The van der Waals surface area contributed by atoms with Gasteiger partial charge in [0.25, 0.3) is 0 Å². The van der Waals surface area contributed by atoms with E-state index in [9.17, 15) is 1.37 Å². The molecule has 0 atom stereocenters. The monoisotopic (exact) mass is 553 g/mol. The molecule has 0 bridgehead atoms. The first-order chi connectivity index (χ1) is 24.3. The van der Waals surface area contributed by atoms with E-state index in [2.05, 4.69) is 78.9 Å². The van der Waals surface area contributed by atoms with Crippen molar-refractivity contribution in [3.8, 4) is 33.4 Å². The lowest BCUT2D eigenvalue weighted by Gasteiger charge is -2.19. The summed E-state index contributed by atoms with van der Waals surface area (Å²) in [5.41, 5.74) is 4.71. The summed E-state index contributed by atoms with van der Waals surface area (Å²) in [6, 6.07) is 37.0. The van der Waals surface area contributed by atoms with Gasteiger partial charge in [0.15, 0.2) is 0 Å². The standard InChI is InChI=1S/C42H26O/c1-2-15-31-27(11-1)12-10-21-33(31)42-36-19-5-3-17-34(36)41(35-18-4-6-20-37(35)42)30-14-9-13-28(25-30)29-23-24-40-38(26-29)32-16-7-8-22-39(32)43-40/h1-26H/i7D,8D,16D,22D,23D,24D,26D. The second-order valence-electron chi connectivity index (χ2n) is 10.7. The zero-order valence-corrected chi connectivity index (χ0v) is 22.9. The summed E-state index contributed by atoms with van der Waals surface area (Å²) >= 11 is 0. The molecule has 43 heavy (non-hydrogen) atoms. The van der Waals surface area contributed by atoms with Crippen LogP contribution in [0.4, 0.5) is 0 Å². The minimum Gasteiger partial charge on any atom is -0.456 e. The van der Waals surface area contributed by atoms with Crippen LogP contribution in [0.2, 0.25) is 0 Å². The Kier molecular flexibility index (Phi) is 3.95. The van der Waals surface area contributed by atoms with E-state index < -0.39 is 12.1 Å². The van der Waals surface area contributed by atoms with Gasteiger partial charge in [-0.15, -0.1) is 0 Å². The highest BCUT2D eigenvalue weighted by Crippen LogP contribution is 2.45. The Morgan fingerprint density at radius 1 is 0.419 bits per heavy atom. The summed E-state index contributed by atoms with van der Waals surface area (Å²) < 4.78 is 66.3. The van der Waals surface area contributed by atoms with E-state index >= 15 is 0 Å². The van der Waals surface area contributed by atoms with Crippen LogP contribution < -0.4 is 0 Å². The van der Waals surface area contributed by atoms with Crippen molar-refractivity contribution in [2.24, 2.45) is 0 Å². The summed E-state index contributed by atoms with van der Waals surface area (Å²) in [6.07, 6.45) is 0. The van der Waals surface area contributed by atoms with E-state index in [1.807, 2.05) is 36.4 Å². The maximum Gasteiger partial charge on any atom is 0.135 e. The lowest BCUT2D eigenvalue weighted by molar-refractivity contribution is 0.669. The smallest absolute Gasteiger partial charge is 0.135 e. The van der Waals surface area contributed by atoms with Crippen LogP contribution >= 0.6 is 0 Å². The van der Waals surface area contributed by atoms with Crippen molar-refractivity contribution in [2.45, 2.75) is 0 Å². The topological polar surface area (TPSA) is 13.1 Å². The molecule has 0 aliphatic heterocycles. The highest BCUT2D eigenvalue weighted by Gasteiger charge is 2.18. The Labute approximate surface area is 259 Å². The Morgan fingerprint density at radius 2 is 1.02 bits per heavy atom. The second kappa shape index (κ2) is 9.44. The van der Waals surface area contributed by atoms with Crippen molar-refractivity contribution in [3.63, 3.8) is 0 Å². The first-order valence-electron chi connectivity index (χ1n) is 17.7. The van der Waals surface area contributed by atoms with Crippen LogP contribution in [0.1, 0.15) is 9.60 Å². The van der Waals surface area contributed by atoms with E-state index in [4.69, 9.17) is 12.6 Å². The number of furan rings is 1. The summed E-state index contributed by atoms with van der Waals surface area (Å²) in [7, 11) is 0. The van der Waals surface area contributed by atoms with Crippen molar-refractivity contribution >= 4 is 54.3 Å². The van der Waals surface area contributed by atoms with Gasteiger partial charge in [-0.05, 0) is 89.9 Å². The molecule has 0 radical (unpaired) electrons. The average Bonchev–Trinajstić information content (AvgIpc) is 3.56. The van der Waals surface area contributed by atoms with Crippen LogP contribution in [-0.4, -0.2) is 0 Å². The number of benzene rings is 8. The number of hydrogen-bond donors (Lipinski definition) is 0. The molecule has 9 rings (SSSR count). The highest BCUT2D eigenvalue weighted by atomic mass is 16.3. The normalized spacial score (nSPS) is 14.0. The zero-order valence-electron chi connectivity index (χ0n) is 29.9. The quantitative estimate of drug-likeness (QED) is 0.198. The molecule has 0 aliphatic rings. The number of fused-ring (bicyclic) bond motifs is 6. The molecule has 0 unspecified atom stereocenters. The number of hydrogen-bond acceptors (Lipinski definition) is 1. The Bertz CT molecular complexity index is 2850. The molecule has 0 aliphatic carbocycles. The molecule has 0 saturated carbocycles. The van der Waals surface area contributed by atoms with Gasteiger partial charge in [0, 0.05) is 10.8 Å². The first-order valence-corrected chi connectivity index (χ1v) is 14.2. The van der Waals surface area contributed by atoms with E-state index in [0.717, 1.165) is 43.8 Å². The van der Waals surface area contributed by atoms with Gasteiger partial charge in [0.05, 0.1) is 9.60 Å². The van der Waals surface area contributed by atoms with Crippen LogP contribution in [0.15, 0.2) is 162 Å². The molecule has 0 spiro atoms. The van der Waals surface area contributed by atoms with Gasteiger partial charge in [-0.3, -0.25) is 0 Å². The fraction of sp³-hybridized carbons (Fsp3) is 0. The summed E-state index contributed by atoms with van der Waals surface area (Å²) in [6.45, 7) is 0. The van der Waals surface area contributed by atoms with E-state index in [1.165, 1.54) is 10.8 Å². The van der Waals surface area contributed by atoms with Gasteiger partial charge in [0.2, 0.25) is 0 Å². The molecule has 0 amide bonds. The molecule has 0 fully saturated rings. The minimum absolute atomic E-state index is 0.0444. The fourth-order valence-corrected chi connectivity index (χ4v) is 6.45. The minimum atomic E-state index is -0.454. The third kappa shape index (κ3) is 3.72. The Hall–Kier alpha value is -5.66. The van der Waals surface area contributed by atoms with Crippen molar-refractivity contribution in [2.75, 3.05) is 0 Å². The van der Waals surface area contributed by atoms with E-state index in [1.54, 1.807) is 0 Å². The van der Waals surface area contributed by atoms with E-state index in [-0.39, 0.29) is 57.7 Å². The predicted molar refractivity (Wildman–Crippen MR) is 183 cm³/mol. The Balaban J connectivity index is 1.34. The summed E-state index contributed by atoms with van der Waals surface area (Å²) in [5.74, 6) is 0. The second-order valence-corrected chi connectivity index (χ2v) is 10.7. The van der Waals surface area contributed by atoms with Crippen LogP contribution in [-0.2, 0) is 0 Å². The Morgan fingerprint density at radius 3 is 1.81 bits per heavy atom. The maximum atomic E-state index is 9.32. The van der Waals surface area contributed by atoms with Crippen molar-refractivity contribution in [1.29, 1.82) is 0 Å². The number of rotatable bonds is 3. The third-order valence-corrected chi connectivity index (χ3v) is 8.32. The van der Waals surface area contributed by atoms with Gasteiger partial charge < -0.3 is 4.42 Å². The van der Waals surface area contributed by atoms with Crippen LogP contribution in [0.25, 0.3) is 87.6 Å². The molecule has 1 aromatic heterocycles. The van der Waals surface area contributed by atoms with Gasteiger partial charge in [-0.2, -0.15) is 0 Å². The van der Waals surface area contributed by atoms with Crippen LogP contribution in [0.5, 0.6) is 0 Å². The molecule has 200 valence electrons. The first kappa shape index (κ1) is 18.0. The molecule has 0 N–H and O–H groups in total. The lowest BCUT2D eigenvalue weighted by Crippen LogP contribution is -1.92. The van der Waals surface area contributed by atoms with Gasteiger partial charge in [-0.25, -0.2) is 0 Å². The summed E-state index contributed by atoms with van der Waals surface area (Å²) in [5, 5.41) is 6.78. The third-order valence-electron chi connectivity index (χ3n) is 8.32. The molecule has 1 heteroatoms. The van der Waals surface area contributed by atoms with Crippen molar-refractivity contribution < 1.29 is 14.0 Å².